The molecule has 0 radical (unpaired) electrons. The van der Waals surface area contributed by atoms with E-state index in [-0.39, 0.29) is 12.5 Å². The van der Waals surface area contributed by atoms with E-state index in [1.807, 2.05) is 0 Å². The lowest BCUT2D eigenvalue weighted by Crippen LogP contribution is -2.20. The predicted molar refractivity (Wildman–Crippen MR) is 77.2 cm³/mol. The van der Waals surface area contributed by atoms with Crippen LogP contribution in [0.25, 0.3) is 0 Å². The summed E-state index contributed by atoms with van der Waals surface area (Å²) in [6, 6.07) is 6.84. The molecule has 1 aromatic carbocycles. The molecule has 20 heavy (non-hydrogen) atoms. The Bertz CT molecular complexity index is 647. The summed E-state index contributed by atoms with van der Waals surface area (Å²) in [5.41, 5.74) is 2.50. The lowest BCUT2D eigenvalue weighted by atomic mass is 10.2. The molecule has 0 aliphatic rings. The van der Waals surface area contributed by atoms with Crippen molar-refractivity contribution in [2.24, 2.45) is 0 Å². The maximum Gasteiger partial charge on any atom is 0.246 e. The van der Waals surface area contributed by atoms with Gasteiger partial charge in [-0.25, -0.2) is 0 Å². The van der Waals surface area contributed by atoms with Crippen molar-refractivity contribution in [1.82, 2.24) is 9.78 Å². The average molecular weight is 292 g/mol. The minimum atomic E-state index is -0.213. The van der Waals surface area contributed by atoms with Crippen LogP contribution in [0.1, 0.15) is 21.7 Å². The third kappa shape index (κ3) is 3.05. The summed E-state index contributed by atoms with van der Waals surface area (Å²) < 4.78 is 1.52. The number of aldehydes is 1. The molecule has 2 aromatic rings. The summed E-state index contributed by atoms with van der Waals surface area (Å²) >= 11 is 5.78. The van der Waals surface area contributed by atoms with Crippen LogP contribution in [0.4, 0.5) is 5.69 Å². The number of rotatable bonds is 4. The fraction of sp³-hybridized carbons (Fsp3) is 0.214. The van der Waals surface area contributed by atoms with Crippen LogP contribution in [-0.4, -0.2) is 22.0 Å². The van der Waals surface area contributed by atoms with Gasteiger partial charge in [-0.2, -0.15) is 5.10 Å². The number of benzene rings is 1. The molecule has 0 atom stereocenters. The van der Waals surface area contributed by atoms with Gasteiger partial charge >= 0.3 is 0 Å². The van der Waals surface area contributed by atoms with Gasteiger partial charge in [0.15, 0.2) is 6.29 Å². The molecule has 0 spiro atoms. The largest absolute Gasteiger partial charge is 0.324 e. The van der Waals surface area contributed by atoms with Crippen molar-refractivity contribution in [1.29, 1.82) is 0 Å². The van der Waals surface area contributed by atoms with E-state index in [1.54, 1.807) is 38.1 Å². The third-order valence-electron chi connectivity index (χ3n) is 2.98. The highest BCUT2D eigenvalue weighted by atomic mass is 35.5. The topological polar surface area (TPSA) is 64.0 Å². The fourth-order valence-electron chi connectivity index (χ4n) is 1.91. The van der Waals surface area contributed by atoms with Crippen LogP contribution in [0.5, 0.6) is 0 Å². The molecule has 0 saturated heterocycles. The first kappa shape index (κ1) is 14.3. The van der Waals surface area contributed by atoms with Gasteiger partial charge in [0.05, 0.1) is 11.3 Å². The molecule has 0 fully saturated rings. The zero-order chi connectivity index (χ0) is 14.7. The second-order valence-corrected chi connectivity index (χ2v) is 4.85. The summed E-state index contributed by atoms with van der Waals surface area (Å²) in [4.78, 5) is 22.8. The van der Waals surface area contributed by atoms with Gasteiger partial charge in [0.1, 0.15) is 6.54 Å². The van der Waals surface area contributed by atoms with Crippen molar-refractivity contribution in [2.75, 3.05) is 5.32 Å². The fourth-order valence-corrected chi connectivity index (χ4v) is 2.03. The number of nitrogens with zero attached hydrogens (tertiary/aromatic N) is 2. The van der Waals surface area contributed by atoms with Crippen molar-refractivity contribution < 1.29 is 9.59 Å². The number of hydrogen-bond donors (Lipinski definition) is 1. The van der Waals surface area contributed by atoms with Crippen LogP contribution in [-0.2, 0) is 11.3 Å². The van der Waals surface area contributed by atoms with Crippen LogP contribution in [0.3, 0.4) is 0 Å². The third-order valence-corrected chi connectivity index (χ3v) is 3.23. The molecule has 1 amide bonds. The van der Waals surface area contributed by atoms with Gasteiger partial charge in [-0.15, -0.1) is 0 Å². The monoisotopic (exact) mass is 291 g/mol. The molecule has 2 rings (SSSR count). The number of hydrogen-bond acceptors (Lipinski definition) is 3. The molecule has 1 heterocycles. The van der Waals surface area contributed by atoms with Gasteiger partial charge in [-0.3, -0.25) is 14.3 Å². The molecule has 0 unspecified atom stereocenters. The number of halogens is 1. The van der Waals surface area contributed by atoms with Crippen LogP contribution in [0, 0.1) is 13.8 Å². The molecule has 0 saturated carbocycles. The molecule has 0 aliphatic heterocycles. The van der Waals surface area contributed by atoms with E-state index in [4.69, 9.17) is 11.6 Å². The predicted octanol–water partition coefficient (Wildman–Crippen LogP) is 2.60. The number of amides is 1. The summed E-state index contributed by atoms with van der Waals surface area (Å²) in [5, 5.41) is 7.53. The summed E-state index contributed by atoms with van der Waals surface area (Å²) in [7, 11) is 0. The average Bonchev–Trinajstić information content (AvgIpc) is 2.67. The molecule has 1 aromatic heterocycles. The number of carbonyl (C=O) groups is 2. The van der Waals surface area contributed by atoms with Gasteiger partial charge in [-0.05, 0) is 38.1 Å². The van der Waals surface area contributed by atoms with Crippen LogP contribution >= 0.6 is 11.6 Å². The molecule has 0 bridgehead atoms. The number of carbonyl (C=O) groups excluding carboxylic acids is 2. The smallest absolute Gasteiger partial charge is 0.246 e. The van der Waals surface area contributed by atoms with Gasteiger partial charge in [0.2, 0.25) is 5.91 Å². The normalized spacial score (nSPS) is 10.3. The Morgan fingerprint density at radius 1 is 1.35 bits per heavy atom. The number of aryl methyl sites for hydroxylation is 1. The molecule has 104 valence electrons. The van der Waals surface area contributed by atoms with E-state index < -0.39 is 0 Å². The lowest BCUT2D eigenvalue weighted by molar-refractivity contribution is -0.116. The Morgan fingerprint density at radius 2 is 2.00 bits per heavy atom. The molecular weight excluding hydrogens is 278 g/mol. The van der Waals surface area contributed by atoms with E-state index in [1.165, 1.54) is 4.68 Å². The maximum absolute atomic E-state index is 11.9. The van der Waals surface area contributed by atoms with Crippen LogP contribution in [0.15, 0.2) is 24.3 Å². The SMILES string of the molecule is Cc1nn(CC(=O)Nc2ccc(Cl)cc2)c(C)c1C=O. The van der Waals surface area contributed by atoms with E-state index in [0.717, 1.165) is 6.29 Å². The quantitative estimate of drug-likeness (QED) is 0.881. The first-order valence-corrected chi connectivity index (χ1v) is 6.43. The highest BCUT2D eigenvalue weighted by Crippen LogP contribution is 2.14. The minimum Gasteiger partial charge on any atom is -0.324 e. The molecule has 5 nitrogen and oxygen atoms in total. The van der Waals surface area contributed by atoms with E-state index in [0.29, 0.717) is 27.7 Å². The van der Waals surface area contributed by atoms with Gasteiger partial charge in [0, 0.05) is 16.4 Å². The van der Waals surface area contributed by atoms with Gasteiger partial charge in [0.25, 0.3) is 0 Å². The van der Waals surface area contributed by atoms with Gasteiger partial charge in [-0.1, -0.05) is 11.6 Å². The minimum absolute atomic E-state index is 0.0587. The van der Waals surface area contributed by atoms with Crippen molar-refractivity contribution in [3.63, 3.8) is 0 Å². The highest BCUT2D eigenvalue weighted by Gasteiger charge is 2.13. The zero-order valence-corrected chi connectivity index (χ0v) is 11.9. The standard InChI is InChI=1S/C14H14ClN3O2/c1-9-13(8-19)10(2)18(17-9)7-14(20)16-12-5-3-11(15)4-6-12/h3-6,8H,7H2,1-2H3,(H,16,20). The maximum atomic E-state index is 11.9. The second kappa shape index (κ2) is 5.88. The Kier molecular flexibility index (Phi) is 4.20. The number of nitrogens with one attached hydrogen (secondary N) is 1. The summed E-state index contributed by atoms with van der Waals surface area (Å²) in [5.74, 6) is -0.213. The van der Waals surface area contributed by atoms with Gasteiger partial charge < -0.3 is 5.32 Å². The zero-order valence-electron chi connectivity index (χ0n) is 11.2. The Morgan fingerprint density at radius 3 is 2.55 bits per heavy atom. The number of aromatic nitrogens is 2. The molecule has 1 N–H and O–H groups in total. The second-order valence-electron chi connectivity index (χ2n) is 4.42. The van der Waals surface area contributed by atoms with Crippen molar-refractivity contribution in [3.8, 4) is 0 Å². The van der Waals surface area contributed by atoms with E-state index in [9.17, 15) is 9.59 Å². The molecule has 6 heteroatoms. The van der Waals surface area contributed by atoms with E-state index >= 15 is 0 Å². The van der Waals surface area contributed by atoms with Crippen molar-refractivity contribution >= 4 is 29.5 Å². The van der Waals surface area contributed by atoms with Crippen LogP contribution < -0.4 is 5.32 Å². The lowest BCUT2D eigenvalue weighted by Gasteiger charge is -2.07. The Balaban J connectivity index is 2.08. The molecule has 0 aliphatic carbocycles. The Labute approximate surface area is 121 Å². The number of anilines is 1. The summed E-state index contributed by atoms with van der Waals surface area (Å²) in [6.45, 7) is 3.56. The first-order chi connectivity index (χ1) is 9.51. The van der Waals surface area contributed by atoms with Crippen molar-refractivity contribution in [3.05, 3.63) is 46.2 Å². The highest BCUT2D eigenvalue weighted by molar-refractivity contribution is 6.30. The summed E-state index contributed by atoms with van der Waals surface area (Å²) in [6.07, 6.45) is 0.755. The van der Waals surface area contributed by atoms with E-state index in [2.05, 4.69) is 10.4 Å². The first-order valence-electron chi connectivity index (χ1n) is 6.06. The Hall–Kier alpha value is -2.14. The van der Waals surface area contributed by atoms with Crippen molar-refractivity contribution in [2.45, 2.75) is 20.4 Å². The van der Waals surface area contributed by atoms with Crippen LogP contribution in [0.2, 0.25) is 5.02 Å². The molecular formula is C14H14ClN3O2.